The van der Waals surface area contributed by atoms with Crippen LogP contribution >= 0.6 is 15.9 Å². The Hall–Kier alpha value is -2.36. The van der Waals surface area contributed by atoms with Crippen LogP contribution in [0, 0.1) is 11.7 Å². The number of halogens is 2. The summed E-state index contributed by atoms with van der Waals surface area (Å²) in [7, 11) is 0. The molecule has 1 aliphatic heterocycles. The van der Waals surface area contributed by atoms with Gasteiger partial charge in [0.25, 0.3) is 0 Å². The van der Waals surface area contributed by atoms with E-state index in [4.69, 9.17) is 4.74 Å². The third-order valence-electron chi connectivity index (χ3n) is 3.91. The van der Waals surface area contributed by atoms with Crippen LogP contribution in [0.25, 0.3) is 0 Å². The van der Waals surface area contributed by atoms with Gasteiger partial charge in [-0.25, -0.2) is 19.4 Å². The van der Waals surface area contributed by atoms with E-state index in [1.165, 1.54) is 12.1 Å². The normalized spacial score (nSPS) is 16.5. The molecule has 1 fully saturated rings. The van der Waals surface area contributed by atoms with Crippen molar-refractivity contribution >= 4 is 39.6 Å². The monoisotopic (exact) mass is 458 g/mol. The maximum atomic E-state index is 13.7. The maximum absolute atomic E-state index is 13.7. The largest absolute Gasteiger partial charge is 0.444 e. The quantitative estimate of drug-likeness (QED) is 0.604. The third-order valence-corrected chi connectivity index (χ3v) is 4.40. The van der Waals surface area contributed by atoms with Gasteiger partial charge in [0.2, 0.25) is 5.91 Å². The van der Waals surface area contributed by atoms with Crippen LogP contribution in [0.5, 0.6) is 0 Å². The van der Waals surface area contributed by atoms with Crippen LogP contribution in [0.2, 0.25) is 0 Å². The number of amides is 4. The Morgan fingerprint density at radius 1 is 1.29 bits per heavy atom. The second-order valence-corrected chi connectivity index (χ2v) is 8.45. The molecule has 154 valence electrons. The van der Waals surface area contributed by atoms with Crippen LogP contribution in [0.4, 0.5) is 19.7 Å². The topological polar surface area (TPSA) is 99.8 Å². The second-order valence-electron chi connectivity index (χ2n) is 7.54. The predicted octanol–water partition coefficient (Wildman–Crippen LogP) is 3.39. The molecule has 0 bridgehead atoms. The number of carbonyl (C=O) groups excluding carboxylic acids is 3. The summed E-state index contributed by atoms with van der Waals surface area (Å²) in [5.41, 5.74) is 3.87. The summed E-state index contributed by atoms with van der Waals surface area (Å²) in [6.45, 7) is 6.32. The van der Waals surface area contributed by atoms with Crippen molar-refractivity contribution in [2.24, 2.45) is 5.92 Å². The third kappa shape index (κ3) is 6.99. The van der Waals surface area contributed by atoms with Crippen molar-refractivity contribution in [1.29, 1.82) is 0 Å². The highest BCUT2D eigenvalue weighted by atomic mass is 79.9. The molecule has 0 radical (unpaired) electrons. The van der Waals surface area contributed by atoms with E-state index in [2.05, 4.69) is 32.1 Å². The molecule has 1 aromatic carbocycles. The van der Waals surface area contributed by atoms with E-state index in [0.717, 1.165) is 0 Å². The van der Waals surface area contributed by atoms with Gasteiger partial charge < -0.3 is 15.0 Å². The Labute approximate surface area is 171 Å². The lowest BCUT2D eigenvalue weighted by Gasteiger charge is -2.24. The van der Waals surface area contributed by atoms with Gasteiger partial charge >= 0.3 is 12.1 Å². The highest BCUT2D eigenvalue weighted by Gasteiger charge is 2.30. The molecule has 1 aromatic rings. The van der Waals surface area contributed by atoms with Crippen LogP contribution in [0.15, 0.2) is 22.7 Å². The van der Waals surface area contributed by atoms with Gasteiger partial charge in [0, 0.05) is 24.0 Å². The maximum Gasteiger partial charge on any atom is 0.410 e. The molecule has 1 heterocycles. The number of nitrogens with one attached hydrogen (secondary N) is 3. The van der Waals surface area contributed by atoms with E-state index in [1.807, 2.05) is 0 Å². The molecule has 0 aromatic heterocycles. The lowest BCUT2D eigenvalue weighted by Crippen LogP contribution is -2.44. The van der Waals surface area contributed by atoms with Crippen LogP contribution in [0.1, 0.15) is 33.6 Å². The molecule has 0 spiro atoms. The number of hydrogen-bond donors (Lipinski definition) is 3. The van der Waals surface area contributed by atoms with Crippen molar-refractivity contribution in [2.75, 3.05) is 18.4 Å². The predicted molar refractivity (Wildman–Crippen MR) is 105 cm³/mol. The van der Waals surface area contributed by atoms with Gasteiger partial charge in [-0.05, 0) is 51.3 Å². The summed E-state index contributed by atoms with van der Waals surface area (Å²) in [5, 5.41) is 2.30. The van der Waals surface area contributed by atoms with Crippen molar-refractivity contribution in [3.63, 3.8) is 0 Å². The molecule has 2 rings (SSSR count). The van der Waals surface area contributed by atoms with Gasteiger partial charge in [0.05, 0.1) is 5.69 Å². The Balaban J connectivity index is 1.72. The van der Waals surface area contributed by atoms with Gasteiger partial charge in [-0.2, -0.15) is 0 Å². The second kappa shape index (κ2) is 9.22. The number of likely N-dealkylation sites (tertiary alicyclic amines) is 1. The Morgan fingerprint density at radius 3 is 2.64 bits per heavy atom. The van der Waals surface area contributed by atoms with Gasteiger partial charge in [-0.15, -0.1) is 0 Å². The number of anilines is 1. The lowest BCUT2D eigenvalue weighted by atomic mass is 10.1. The molecule has 1 aliphatic rings. The number of rotatable bonds is 3. The zero-order chi connectivity index (χ0) is 20.9. The molecule has 1 saturated heterocycles. The zero-order valence-corrected chi connectivity index (χ0v) is 17.6. The highest BCUT2D eigenvalue weighted by molar-refractivity contribution is 9.10. The van der Waals surface area contributed by atoms with Crippen molar-refractivity contribution in [1.82, 2.24) is 15.8 Å². The number of hydrogen-bond acceptors (Lipinski definition) is 4. The number of urea groups is 1. The zero-order valence-electron chi connectivity index (χ0n) is 16.0. The van der Waals surface area contributed by atoms with Gasteiger partial charge in [0.15, 0.2) is 0 Å². The molecule has 1 atom stereocenters. The van der Waals surface area contributed by atoms with E-state index in [-0.39, 0.29) is 18.0 Å². The molecular formula is C18H24BrFN4O4. The summed E-state index contributed by atoms with van der Waals surface area (Å²) in [6.07, 6.45) is 0.416. The number of benzene rings is 1. The first kappa shape index (κ1) is 21.9. The Kier molecular flexibility index (Phi) is 7.22. The van der Waals surface area contributed by atoms with E-state index < -0.39 is 29.4 Å². The minimum absolute atomic E-state index is 0.0151. The number of nitrogens with zero attached hydrogens (tertiary/aromatic N) is 1. The molecular weight excluding hydrogens is 435 g/mol. The molecule has 0 unspecified atom stereocenters. The number of hydrazine groups is 1. The summed E-state index contributed by atoms with van der Waals surface area (Å²) in [4.78, 5) is 37.4. The highest BCUT2D eigenvalue weighted by Crippen LogP contribution is 2.22. The summed E-state index contributed by atoms with van der Waals surface area (Å²) >= 11 is 3.12. The minimum Gasteiger partial charge on any atom is -0.444 e. The van der Waals surface area contributed by atoms with E-state index in [0.29, 0.717) is 24.0 Å². The fourth-order valence-electron chi connectivity index (χ4n) is 2.68. The fraction of sp³-hybridized carbons (Fsp3) is 0.500. The summed E-state index contributed by atoms with van der Waals surface area (Å²) < 4.78 is 19.5. The Morgan fingerprint density at radius 2 is 2.00 bits per heavy atom. The van der Waals surface area contributed by atoms with Crippen LogP contribution < -0.4 is 16.2 Å². The lowest BCUT2D eigenvalue weighted by molar-refractivity contribution is -0.122. The number of ether oxygens (including phenoxy) is 1. The molecule has 28 heavy (non-hydrogen) atoms. The first-order valence-corrected chi connectivity index (χ1v) is 9.61. The first-order valence-electron chi connectivity index (χ1n) is 8.82. The molecule has 0 aliphatic carbocycles. The minimum atomic E-state index is -0.767. The van der Waals surface area contributed by atoms with Crippen LogP contribution in [0.3, 0.4) is 0 Å². The summed E-state index contributed by atoms with van der Waals surface area (Å²) in [6, 6.07) is 3.42. The van der Waals surface area contributed by atoms with Crippen LogP contribution in [-0.2, 0) is 9.53 Å². The fourth-order valence-corrected chi connectivity index (χ4v) is 3.01. The van der Waals surface area contributed by atoms with Crippen molar-refractivity contribution in [3.05, 3.63) is 28.5 Å². The average molecular weight is 459 g/mol. The van der Waals surface area contributed by atoms with E-state index >= 15 is 0 Å². The first-order chi connectivity index (χ1) is 13.0. The van der Waals surface area contributed by atoms with Crippen molar-refractivity contribution in [2.45, 2.75) is 39.2 Å². The van der Waals surface area contributed by atoms with Crippen LogP contribution in [-0.4, -0.2) is 41.6 Å². The van der Waals surface area contributed by atoms with Gasteiger partial charge in [0.1, 0.15) is 11.4 Å². The van der Waals surface area contributed by atoms with Gasteiger partial charge in [-0.1, -0.05) is 15.9 Å². The smallest absolute Gasteiger partial charge is 0.410 e. The number of carbonyl (C=O) groups is 3. The SMILES string of the molecule is CC(C)(C)OC(=O)N1CC[C@@H](CC(=O)NNC(=O)Nc2ccc(Br)cc2F)C1. The molecule has 8 nitrogen and oxygen atoms in total. The van der Waals surface area contributed by atoms with Crippen molar-refractivity contribution in [3.8, 4) is 0 Å². The van der Waals surface area contributed by atoms with E-state index in [1.54, 1.807) is 31.7 Å². The summed E-state index contributed by atoms with van der Waals surface area (Å²) in [5.74, 6) is -1.03. The van der Waals surface area contributed by atoms with E-state index in [9.17, 15) is 18.8 Å². The molecule has 0 saturated carbocycles. The average Bonchev–Trinajstić information content (AvgIpc) is 3.03. The molecule has 4 amide bonds. The van der Waals surface area contributed by atoms with Gasteiger partial charge in [-0.3, -0.25) is 10.2 Å². The van der Waals surface area contributed by atoms with Crippen molar-refractivity contribution < 1.29 is 23.5 Å². The molecule has 3 N–H and O–H groups in total. The molecule has 10 heteroatoms. The standard InChI is InChI=1S/C18H24BrFN4O4/c1-18(2,3)28-17(27)24-7-6-11(10-24)8-15(25)22-23-16(26)21-14-5-4-12(19)9-13(14)20/h4-5,9,11H,6-8,10H2,1-3H3,(H,22,25)(H2,21,23,26)/t11-/m0/s1. The Bertz CT molecular complexity index is 754.